The van der Waals surface area contributed by atoms with Crippen LogP contribution in [-0.2, 0) is 9.36 Å². The van der Waals surface area contributed by atoms with E-state index in [1.807, 2.05) is 0 Å². The summed E-state index contributed by atoms with van der Waals surface area (Å²) in [7, 11) is -2.70. The minimum Gasteiger partial charge on any atom is -0.299 e. The maximum Gasteiger partial charge on any atom is 0.535 e. The molecule has 0 heterocycles. The minimum absolute atomic E-state index is 0.231. The van der Waals surface area contributed by atoms with Crippen molar-refractivity contribution in [2.45, 2.75) is 5.78 Å². The molecule has 2 aromatic carbocycles. The molecule has 0 fully saturated rings. The van der Waals surface area contributed by atoms with E-state index in [9.17, 15) is 19.0 Å². The van der Waals surface area contributed by atoms with Gasteiger partial charge in [0.2, 0.25) is 5.78 Å². The van der Waals surface area contributed by atoms with Gasteiger partial charge in [-0.2, -0.15) is 4.89 Å². The second-order valence-corrected chi connectivity index (χ2v) is 5.41. The molecule has 0 aromatic heterocycles. The van der Waals surface area contributed by atoms with Crippen LogP contribution >= 0.6 is 8.03 Å². The second-order valence-electron chi connectivity index (χ2n) is 4.28. The topological polar surface area (TPSA) is 83.5 Å². The summed E-state index contributed by atoms with van der Waals surface area (Å²) >= 11 is 0. The van der Waals surface area contributed by atoms with Crippen molar-refractivity contribution in [3.05, 3.63) is 71.8 Å². The highest BCUT2D eigenvalue weighted by atomic mass is 31.1. The smallest absolute Gasteiger partial charge is 0.299 e. The Balaban J connectivity index is 2.16. The first-order valence-electron chi connectivity index (χ1n) is 6.20. The van der Waals surface area contributed by atoms with Crippen molar-refractivity contribution in [3.8, 4) is 0 Å². The van der Waals surface area contributed by atoms with Crippen LogP contribution in [-0.4, -0.2) is 16.6 Å². The van der Waals surface area contributed by atoms with Crippen LogP contribution in [0.15, 0.2) is 60.7 Å². The summed E-state index contributed by atoms with van der Waals surface area (Å²) in [5.74, 6) is -2.76. The zero-order valence-electron chi connectivity index (χ0n) is 11.0. The van der Waals surface area contributed by atoms with Crippen molar-refractivity contribution in [2.75, 3.05) is 0 Å². The molecule has 2 atom stereocenters. The lowest BCUT2D eigenvalue weighted by Crippen LogP contribution is -2.33. The number of rotatable bonds is 5. The van der Waals surface area contributed by atoms with Crippen LogP contribution in [0.2, 0.25) is 0 Å². The van der Waals surface area contributed by atoms with E-state index in [0.29, 0.717) is 5.56 Å². The van der Waals surface area contributed by atoms with Crippen molar-refractivity contribution in [1.29, 1.82) is 0 Å². The van der Waals surface area contributed by atoms with Gasteiger partial charge < -0.3 is 0 Å². The molecular weight excluding hydrogens is 289 g/mol. The van der Waals surface area contributed by atoms with Crippen LogP contribution in [0, 0.1) is 0 Å². The molecular formula is C15H13NO4P+. The maximum atomic E-state index is 11.9. The summed E-state index contributed by atoms with van der Waals surface area (Å²) in [6.45, 7) is 0. The first kappa shape index (κ1) is 15.0. The Labute approximate surface area is 122 Å². The summed E-state index contributed by atoms with van der Waals surface area (Å²) in [6.07, 6.45) is 0. The fraction of sp³-hybridized carbons (Fsp3) is 0.0667. The van der Waals surface area contributed by atoms with Crippen molar-refractivity contribution < 1.29 is 19.0 Å². The Morgan fingerprint density at radius 2 is 1.48 bits per heavy atom. The second kappa shape index (κ2) is 6.88. The maximum absolute atomic E-state index is 11.9. The van der Waals surface area contributed by atoms with E-state index in [2.05, 4.69) is 5.32 Å². The van der Waals surface area contributed by atoms with Crippen LogP contribution < -0.4 is 5.32 Å². The third-order valence-electron chi connectivity index (χ3n) is 2.85. The number of carbonyl (C=O) groups excluding carboxylic acids is 2. The highest BCUT2D eigenvalue weighted by molar-refractivity contribution is 7.38. The van der Waals surface area contributed by atoms with Crippen molar-refractivity contribution in [3.63, 3.8) is 0 Å². The number of carbonyl (C=O) groups is 2. The van der Waals surface area contributed by atoms with E-state index in [1.165, 1.54) is 12.1 Å². The van der Waals surface area contributed by atoms with Gasteiger partial charge in [0.25, 0.3) is 11.7 Å². The minimum atomic E-state index is -2.70. The summed E-state index contributed by atoms with van der Waals surface area (Å²) in [4.78, 5) is 33.2. The standard InChI is InChI=1S/C15H12NO4P/c17-13(11-7-3-1-4-8-11)14(18)16-15(21(19)20)12-9-5-2-6-10-12/h1-10,15H,(H-,16,18,19,20)/p+1. The molecule has 0 radical (unpaired) electrons. The van der Waals surface area contributed by atoms with Crippen molar-refractivity contribution in [2.24, 2.45) is 0 Å². The van der Waals surface area contributed by atoms with E-state index in [0.717, 1.165) is 0 Å². The van der Waals surface area contributed by atoms with E-state index in [-0.39, 0.29) is 5.56 Å². The van der Waals surface area contributed by atoms with Gasteiger partial charge in [-0.25, -0.2) is 0 Å². The number of amides is 1. The van der Waals surface area contributed by atoms with Crippen LogP contribution in [0.3, 0.4) is 0 Å². The summed E-state index contributed by atoms with van der Waals surface area (Å²) in [6, 6.07) is 16.4. The predicted molar refractivity (Wildman–Crippen MR) is 77.9 cm³/mol. The fourth-order valence-corrected chi connectivity index (χ4v) is 2.47. The Morgan fingerprint density at radius 3 is 2.00 bits per heavy atom. The van der Waals surface area contributed by atoms with Gasteiger partial charge in [0.15, 0.2) is 0 Å². The van der Waals surface area contributed by atoms with Gasteiger partial charge in [-0.05, 0) is 4.57 Å². The third kappa shape index (κ3) is 3.81. The Kier molecular flexibility index (Phi) is 4.93. The molecule has 0 bridgehead atoms. The first-order chi connectivity index (χ1) is 10.1. The third-order valence-corrected chi connectivity index (χ3v) is 3.72. The monoisotopic (exact) mass is 302 g/mol. The van der Waals surface area contributed by atoms with Gasteiger partial charge in [0.05, 0.1) is 0 Å². The largest absolute Gasteiger partial charge is 0.535 e. The number of hydrogen-bond donors (Lipinski definition) is 2. The predicted octanol–water partition coefficient (Wildman–Crippen LogP) is 2.42. The first-order valence-corrected chi connectivity index (χ1v) is 7.48. The normalized spacial score (nSPS) is 12.3. The molecule has 0 saturated heterocycles. The van der Waals surface area contributed by atoms with Gasteiger partial charge in [-0.1, -0.05) is 60.7 Å². The van der Waals surface area contributed by atoms with E-state index < -0.39 is 25.5 Å². The van der Waals surface area contributed by atoms with Crippen molar-refractivity contribution >= 4 is 19.7 Å². The zero-order chi connectivity index (χ0) is 15.2. The van der Waals surface area contributed by atoms with Crippen LogP contribution in [0.1, 0.15) is 21.7 Å². The molecule has 0 aliphatic heterocycles. The van der Waals surface area contributed by atoms with Gasteiger partial charge in [0.1, 0.15) is 0 Å². The molecule has 6 heteroatoms. The number of Topliss-reactive ketones (excluding diaryl/α,β-unsaturated/α-hetero) is 1. The van der Waals surface area contributed by atoms with Gasteiger partial charge in [0, 0.05) is 11.1 Å². The molecule has 0 saturated carbocycles. The average molecular weight is 302 g/mol. The molecule has 5 nitrogen and oxygen atoms in total. The Bertz CT molecular complexity index is 658. The molecule has 106 valence electrons. The number of ketones is 1. The lowest BCUT2D eigenvalue weighted by Gasteiger charge is -2.07. The summed E-state index contributed by atoms with van der Waals surface area (Å²) < 4.78 is 11.4. The lowest BCUT2D eigenvalue weighted by atomic mass is 10.1. The zero-order valence-corrected chi connectivity index (χ0v) is 11.9. The van der Waals surface area contributed by atoms with E-state index in [4.69, 9.17) is 0 Å². The fourth-order valence-electron chi connectivity index (χ4n) is 1.81. The van der Waals surface area contributed by atoms with Crippen LogP contribution in [0.4, 0.5) is 0 Å². The number of benzene rings is 2. The van der Waals surface area contributed by atoms with Gasteiger partial charge in [-0.15, -0.1) is 0 Å². The SMILES string of the molecule is O=C(NC(c1ccccc1)[P+](=O)O)C(=O)c1ccccc1. The molecule has 0 spiro atoms. The van der Waals surface area contributed by atoms with Gasteiger partial charge in [-0.3, -0.25) is 14.9 Å². The number of hydrogen-bond acceptors (Lipinski definition) is 3. The average Bonchev–Trinajstić information content (AvgIpc) is 2.53. The van der Waals surface area contributed by atoms with E-state index in [1.54, 1.807) is 48.5 Å². The Morgan fingerprint density at radius 1 is 0.952 bits per heavy atom. The summed E-state index contributed by atoms with van der Waals surface area (Å²) in [5.41, 5.74) is 0.699. The van der Waals surface area contributed by atoms with E-state index >= 15 is 0 Å². The molecule has 1 amide bonds. The van der Waals surface area contributed by atoms with Gasteiger partial charge >= 0.3 is 8.03 Å². The molecule has 2 unspecified atom stereocenters. The molecule has 21 heavy (non-hydrogen) atoms. The molecule has 0 aliphatic carbocycles. The highest BCUT2D eigenvalue weighted by Gasteiger charge is 2.34. The Hall–Kier alpha value is -2.36. The number of nitrogens with one attached hydrogen (secondary N) is 1. The molecule has 0 aliphatic rings. The quantitative estimate of drug-likeness (QED) is 0.505. The van der Waals surface area contributed by atoms with Crippen LogP contribution in [0.5, 0.6) is 0 Å². The van der Waals surface area contributed by atoms with Crippen molar-refractivity contribution in [1.82, 2.24) is 5.32 Å². The highest BCUT2D eigenvalue weighted by Crippen LogP contribution is 2.34. The molecule has 2 rings (SSSR count). The molecule has 2 aromatic rings. The lowest BCUT2D eigenvalue weighted by molar-refractivity contribution is -0.117. The molecule has 2 N–H and O–H groups in total. The van der Waals surface area contributed by atoms with Crippen LogP contribution in [0.25, 0.3) is 0 Å². The summed E-state index contributed by atoms with van der Waals surface area (Å²) in [5, 5.41) is 2.31.